The molecule has 6 heteroatoms. The van der Waals surface area contributed by atoms with E-state index < -0.39 is 6.04 Å². The first kappa shape index (κ1) is 14.3. The number of hydrogen-bond donors (Lipinski definition) is 1. The van der Waals surface area contributed by atoms with Gasteiger partial charge in [0.25, 0.3) is 5.56 Å². The fourth-order valence-electron chi connectivity index (χ4n) is 2.83. The Bertz CT molecular complexity index is 923. The van der Waals surface area contributed by atoms with Crippen LogP contribution in [0, 0.1) is 0 Å². The van der Waals surface area contributed by atoms with Crippen LogP contribution in [0.25, 0.3) is 21.8 Å². The highest BCUT2D eigenvalue weighted by atomic mass is 16.2. The SMILES string of the molecule is CCNC(=O)[C@H](C)n1c2ccccc2c2cnn(C)c(=O)c21. The summed E-state index contributed by atoms with van der Waals surface area (Å²) in [6.07, 6.45) is 1.68. The number of nitrogens with zero attached hydrogens (tertiary/aromatic N) is 3. The predicted octanol–water partition coefficient (Wildman–Crippen LogP) is 1.59. The molecule has 22 heavy (non-hydrogen) atoms. The minimum Gasteiger partial charge on any atom is -0.355 e. The molecule has 0 spiro atoms. The van der Waals surface area contributed by atoms with E-state index >= 15 is 0 Å². The normalized spacial score (nSPS) is 12.7. The molecule has 2 aromatic heterocycles. The predicted molar refractivity (Wildman–Crippen MR) is 85.9 cm³/mol. The fraction of sp³-hybridized carbons (Fsp3) is 0.312. The van der Waals surface area contributed by atoms with Crippen LogP contribution in [-0.2, 0) is 11.8 Å². The first-order valence-corrected chi connectivity index (χ1v) is 7.29. The van der Waals surface area contributed by atoms with E-state index in [1.165, 1.54) is 4.68 Å². The van der Waals surface area contributed by atoms with Crippen LogP contribution in [0.15, 0.2) is 35.3 Å². The van der Waals surface area contributed by atoms with Crippen LogP contribution in [-0.4, -0.2) is 26.8 Å². The lowest BCUT2D eigenvalue weighted by molar-refractivity contribution is -0.123. The monoisotopic (exact) mass is 298 g/mol. The van der Waals surface area contributed by atoms with E-state index in [1.807, 2.05) is 31.2 Å². The number of likely N-dealkylation sites (N-methyl/N-ethyl adjacent to an activating group) is 1. The summed E-state index contributed by atoms with van der Waals surface area (Å²) in [7, 11) is 1.61. The highest BCUT2D eigenvalue weighted by molar-refractivity contribution is 6.08. The molecule has 0 bridgehead atoms. The molecule has 0 radical (unpaired) electrons. The van der Waals surface area contributed by atoms with Crippen molar-refractivity contribution >= 4 is 27.7 Å². The molecule has 0 unspecified atom stereocenters. The van der Waals surface area contributed by atoms with Gasteiger partial charge in [-0.3, -0.25) is 9.59 Å². The zero-order chi connectivity index (χ0) is 15.9. The number of carbonyl (C=O) groups excluding carboxylic acids is 1. The Morgan fingerprint density at radius 2 is 2.05 bits per heavy atom. The molecule has 0 saturated heterocycles. The van der Waals surface area contributed by atoms with Crippen molar-refractivity contribution in [3.63, 3.8) is 0 Å². The maximum atomic E-state index is 12.6. The highest BCUT2D eigenvalue weighted by Crippen LogP contribution is 2.29. The van der Waals surface area contributed by atoms with Crippen molar-refractivity contribution in [2.24, 2.45) is 7.05 Å². The van der Waals surface area contributed by atoms with Gasteiger partial charge in [-0.15, -0.1) is 0 Å². The number of hydrogen-bond acceptors (Lipinski definition) is 3. The molecule has 0 aliphatic carbocycles. The lowest BCUT2D eigenvalue weighted by Crippen LogP contribution is -2.32. The van der Waals surface area contributed by atoms with Crippen molar-refractivity contribution in [2.45, 2.75) is 19.9 Å². The Morgan fingerprint density at radius 3 is 2.77 bits per heavy atom. The molecular weight excluding hydrogens is 280 g/mol. The number of benzene rings is 1. The number of rotatable bonds is 3. The number of carbonyl (C=O) groups is 1. The van der Waals surface area contributed by atoms with Crippen molar-refractivity contribution in [2.75, 3.05) is 6.54 Å². The largest absolute Gasteiger partial charge is 0.355 e. The summed E-state index contributed by atoms with van der Waals surface area (Å²) in [5.74, 6) is -0.107. The summed E-state index contributed by atoms with van der Waals surface area (Å²) >= 11 is 0. The average molecular weight is 298 g/mol. The Balaban J connectivity index is 2.42. The molecule has 3 aromatic rings. The summed E-state index contributed by atoms with van der Waals surface area (Å²) in [5, 5.41) is 8.62. The molecule has 1 amide bonds. The molecule has 2 heterocycles. The quantitative estimate of drug-likeness (QED) is 0.798. The molecule has 0 fully saturated rings. The zero-order valence-corrected chi connectivity index (χ0v) is 12.8. The van der Waals surface area contributed by atoms with E-state index in [-0.39, 0.29) is 11.5 Å². The third kappa shape index (κ3) is 1.99. The summed E-state index contributed by atoms with van der Waals surface area (Å²) in [5.41, 5.74) is 1.17. The van der Waals surface area contributed by atoms with Crippen molar-refractivity contribution in [3.8, 4) is 0 Å². The van der Waals surface area contributed by atoms with Crippen molar-refractivity contribution in [1.29, 1.82) is 0 Å². The molecule has 1 aromatic carbocycles. The number of aryl methyl sites for hydroxylation is 1. The van der Waals surface area contributed by atoms with Gasteiger partial charge in [0, 0.05) is 24.4 Å². The van der Waals surface area contributed by atoms with Gasteiger partial charge in [-0.25, -0.2) is 4.68 Å². The van der Waals surface area contributed by atoms with Crippen molar-refractivity contribution in [3.05, 3.63) is 40.8 Å². The minimum atomic E-state index is -0.475. The first-order valence-electron chi connectivity index (χ1n) is 7.29. The van der Waals surface area contributed by atoms with Crippen LogP contribution < -0.4 is 10.9 Å². The summed E-state index contributed by atoms with van der Waals surface area (Å²) in [4.78, 5) is 24.8. The number of amides is 1. The minimum absolute atomic E-state index is 0.107. The molecule has 114 valence electrons. The second-order valence-electron chi connectivity index (χ2n) is 5.29. The third-order valence-corrected chi connectivity index (χ3v) is 3.92. The maximum Gasteiger partial charge on any atom is 0.291 e. The lowest BCUT2D eigenvalue weighted by Gasteiger charge is -2.15. The molecule has 3 rings (SSSR count). The highest BCUT2D eigenvalue weighted by Gasteiger charge is 2.22. The van der Waals surface area contributed by atoms with Crippen LogP contribution in [0.3, 0.4) is 0 Å². The molecule has 1 atom stereocenters. The molecule has 1 N–H and O–H groups in total. The van der Waals surface area contributed by atoms with E-state index in [0.717, 1.165) is 16.3 Å². The Labute approximate surface area is 127 Å². The van der Waals surface area contributed by atoms with E-state index in [9.17, 15) is 9.59 Å². The lowest BCUT2D eigenvalue weighted by atomic mass is 10.2. The smallest absolute Gasteiger partial charge is 0.291 e. The second kappa shape index (κ2) is 5.29. The second-order valence-corrected chi connectivity index (χ2v) is 5.29. The summed E-state index contributed by atoms with van der Waals surface area (Å²) in [6.45, 7) is 4.23. The van der Waals surface area contributed by atoms with Crippen molar-refractivity contribution in [1.82, 2.24) is 19.7 Å². The first-order chi connectivity index (χ1) is 10.6. The van der Waals surface area contributed by atoms with Gasteiger partial charge in [-0.05, 0) is 19.9 Å². The number of fused-ring (bicyclic) bond motifs is 3. The third-order valence-electron chi connectivity index (χ3n) is 3.92. The molecule has 0 aliphatic rings. The van der Waals surface area contributed by atoms with Crippen LogP contribution >= 0.6 is 0 Å². The topological polar surface area (TPSA) is 68.9 Å². The standard InChI is InChI=1S/C16H18N4O2/c1-4-17-15(21)10(2)20-13-8-6-5-7-11(13)12-9-18-19(3)16(22)14(12)20/h5-10H,4H2,1-3H3,(H,17,21)/t10-/m0/s1. The summed E-state index contributed by atoms with van der Waals surface area (Å²) in [6, 6.07) is 7.21. The van der Waals surface area contributed by atoms with E-state index in [1.54, 1.807) is 24.7 Å². The number of nitrogens with one attached hydrogen (secondary N) is 1. The molecule has 0 aliphatic heterocycles. The number of para-hydroxylation sites is 1. The van der Waals surface area contributed by atoms with Crippen LogP contribution in [0.5, 0.6) is 0 Å². The van der Waals surface area contributed by atoms with Crippen LogP contribution in [0.1, 0.15) is 19.9 Å². The van der Waals surface area contributed by atoms with E-state index in [2.05, 4.69) is 10.4 Å². The van der Waals surface area contributed by atoms with Gasteiger partial charge in [-0.1, -0.05) is 18.2 Å². The summed E-state index contributed by atoms with van der Waals surface area (Å²) < 4.78 is 3.10. The van der Waals surface area contributed by atoms with Gasteiger partial charge in [-0.2, -0.15) is 5.10 Å². The number of aromatic nitrogens is 3. The van der Waals surface area contributed by atoms with Gasteiger partial charge in [0.2, 0.25) is 5.91 Å². The average Bonchev–Trinajstić information content (AvgIpc) is 2.85. The fourth-order valence-corrected chi connectivity index (χ4v) is 2.83. The van der Waals surface area contributed by atoms with Gasteiger partial charge < -0.3 is 9.88 Å². The van der Waals surface area contributed by atoms with Gasteiger partial charge in [0.1, 0.15) is 11.6 Å². The van der Waals surface area contributed by atoms with E-state index in [4.69, 9.17) is 0 Å². The molecule has 6 nitrogen and oxygen atoms in total. The maximum absolute atomic E-state index is 12.6. The molecular formula is C16H18N4O2. The Kier molecular flexibility index (Phi) is 3.44. The van der Waals surface area contributed by atoms with Crippen molar-refractivity contribution < 1.29 is 4.79 Å². The Morgan fingerprint density at radius 1 is 1.32 bits per heavy atom. The van der Waals surface area contributed by atoms with Crippen LogP contribution in [0.2, 0.25) is 0 Å². The van der Waals surface area contributed by atoms with Gasteiger partial charge >= 0.3 is 0 Å². The van der Waals surface area contributed by atoms with Crippen LogP contribution in [0.4, 0.5) is 0 Å². The van der Waals surface area contributed by atoms with Gasteiger partial charge in [0.05, 0.1) is 11.7 Å². The molecule has 0 saturated carbocycles. The zero-order valence-electron chi connectivity index (χ0n) is 12.8. The van der Waals surface area contributed by atoms with E-state index in [0.29, 0.717) is 12.1 Å². The Hall–Kier alpha value is -2.63. The van der Waals surface area contributed by atoms with Gasteiger partial charge in [0.15, 0.2) is 0 Å².